The first-order valence-electron chi connectivity index (χ1n) is 5.11. The summed E-state index contributed by atoms with van der Waals surface area (Å²) in [5.41, 5.74) is 0.306. The molecule has 1 aliphatic heterocycles. The number of carbonyl (C=O) groups is 2. The van der Waals surface area contributed by atoms with E-state index in [0.717, 1.165) is 0 Å². The van der Waals surface area contributed by atoms with Gasteiger partial charge in [-0.2, -0.15) is 5.26 Å². The molecule has 0 aliphatic carbocycles. The van der Waals surface area contributed by atoms with Crippen LogP contribution in [0.2, 0.25) is 0 Å². The van der Waals surface area contributed by atoms with E-state index in [1.165, 1.54) is 11.8 Å². The van der Waals surface area contributed by atoms with Gasteiger partial charge in [0.25, 0.3) is 5.91 Å². The Kier molecular flexibility index (Phi) is 2.79. The van der Waals surface area contributed by atoms with Gasteiger partial charge in [-0.3, -0.25) is 9.59 Å². The fourth-order valence-electron chi connectivity index (χ4n) is 1.52. The maximum absolute atomic E-state index is 12.0. The maximum atomic E-state index is 12.0. The van der Waals surface area contributed by atoms with E-state index in [1.807, 2.05) is 6.07 Å². The molecule has 0 bridgehead atoms. The van der Waals surface area contributed by atoms with E-state index in [0.29, 0.717) is 12.1 Å². The highest BCUT2D eigenvalue weighted by Gasteiger charge is 2.39. The second-order valence-corrected chi connectivity index (χ2v) is 3.69. The first-order valence-corrected chi connectivity index (χ1v) is 5.11. The normalized spacial score (nSPS) is 17.2. The van der Waals surface area contributed by atoms with Gasteiger partial charge in [0.2, 0.25) is 0 Å². The minimum atomic E-state index is -0.479. The average molecular weight is 230 g/mol. The lowest BCUT2D eigenvalue weighted by atomic mass is 10.2. The van der Waals surface area contributed by atoms with Crippen molar-refractivity contribution >= 4 is 11.9 Å². The highest BCUT2D eigenvalue weighted by molar-refractivity contribution is 5.99. The summed E-state index contributed by atoms with van der Waals surface area (Å²) in [5.74, 6) is -0.533. The van der Waals surface area contributed by atoms with Gasteiger partial charge in [-0.1, -0.05) is 12.1 Å². The molecule has 1 aromatic rings. The van der Waals surface area contributed by atoms with Crippen LogP contribution < -0.4 is 4.74 Å². The number of nitrogens with zero attached hydrogens (tertiary/aromatic N) is 2. The standard InChI is InChI=1S/C12H10N2O3/c1-8(15)17-11-5-3-2-4-10(11)12(16)14-7-9(14)6-13/h2-5,9H,7H2,1H3. The predicted molar refractivity (Wildman–Crippen MR) is 58.2 cm³/mol. The smallest absolute Gasteiger partial charge is 0.308 e. The summed E-state index contributed by atoms with van der Waals surface area (Å²) < 4.78 is 4.94. The number of para-hydroxylation sites is 1. The van der Waals surface area contributed by atoms with Gasteiger partial charge in [0, 0.05) is 6.92 Å². The van der Waals surface area contributed by atoms with Crippen molar-refractivity contribution in [2.24, 2.45) is 0 Å². The zero-order chi connectivity index (χ0) is 12.4. The van der Waals surface area contributed by atoms with Gasteiger partial charge < -0.3 is 9.64 Å². The molecule has 1 atom stereocenters. The lowest BCUT2D eigenvalue weighted by Crippen LogP contribution is -2.15. The van der Waals surface area contributed by atoms with Crippen molar-refractivity contribution in [2.45, 2.75) is 13.0 Å². The van der Waals surface area contributed by atoms with E-state index < -0.39 is 5.97 Å². The van der Waals surface area contributed by atoms with Gasteiger partial charge in [0.05, 0.1) is 18.2 Å². The Morgan fingerprint density at radius 1 is 1.47 bits per heavy atom. The van der Waals surface area contributed by atoms with Crippen LogP contribution in [0.3, 0.4) is 0 Å². The van der Waals surface area contributed by atoms with Gasteiger partial charge >= 0.3 is 5.97 Å². The number of hydrogen-bond donors (Lipinski definition) is 0. The summed E-state index contributed by atoms with van der Waals surface area (Å²) in [6, 6.07) is 8.14. The van der Waals surface area contributed by atoms with Crippen LogP contribution in [0.4, 0.5) is 0 Å². The zero-order valence-corrected chi connectivity index (χ0v) is 9.21. The average Bonchev–Trinajstić information content (AvgIpc) is 3.07. The first kappa shape index (κ1) is 11.1. The minimum absolute atomic E-state index is 0.230. The van der Waals surface area contributed by atoms with Gasteiger partial charge in [-0.05, 0) is 12.1 Å². The molecular weight excluding hydrogens is 220 g/mol. The molecule has 0 saturated carbocycles. The van der Waals surface area contributed by atoms with Crippen molar-refractivity contribution < 1.29 is 14.3 Å². The Bertz CT molecular complexity index is 519. The van der Waals surface area contributed by atoms with Crippen molar-refractivity contribution in [3.8, 4) is 11.8 Å². The van der Waals surface area contributed by atoms with Gasteiger partial charge in [0.15, 0.2) is 0 Å². The molecule has 5 heteroatoms. The van der Waals surface area contributed by atoms with Crippen LogP contribution in [0.1, 0.15) is 17.3 Å². The number of amides is 1. The van der Waals surface area contributed by atoms with Crippen molar-refractivity contribution in [3.05, 3.63) is 29.8 Å². The SMILES string of the molecule is CC(=O)Oc1ccccc1C(=O)N1CC1C#N. The molecule has 0 spiro atoms. The number of rotatable bonds is 2. The molecule has 5 nitrogen and oxygen atoms in total. The number of nitriles is 1. The Morgan fingerprint density at radius 2 is 2.18 bits per heavy atom. The quantitative estimate of drug-likeness (QED) is 0.431. The number of carbonyl (C=O) groups excluding carboxylic acids is 2. The second-order valence-electron chi connectivity index (χ2n) is 3.69. The Hall–Kier alpha value is -2.35. The fourth-order valence-corrected chi connectivity index (χ4v) is 1.52. The van der Waals surface area contributed by atoms with E-state index >= 15 is 0 Å². The molecule has 0 aromatic heterocycles. The van der Waals surface area contributed by atoms with Crippen molar-refractivity contribution in [3.63, 3.8) is 0 Å². The van der Waals surface area contributed by atoms with Gasteiger partial charge in [-0.15, -0.1) is 0 Å². The molecule has 1 fully saturated rings. The molecule has 2 rings (SSSR count). The molecular formula is C12H10N2O3. The van der Waals surface area contributed by atoms with Crippen LogP contribution in [0.25, 0.3) is 0 Å². The monoisotopic (exact) mass is 230 g/mol. The minimum Gasteiger partial charge on any atom is -0.426 e. The third-order valence-electron chi connectivity index (χ3n) is 2.39. The Balaban J connectivity index is 2.23. The Labute approximate surface area is 98.2 Å². The molecule has 86 valence electrons. The molecule has 1 aliphatic rings. The zero-order valence-electron chi connectivity index (χ0n) is 9.21. The summed E-state index contributed by atoms with van der Waals surface area (Å²) in [7, 11) is 0. The topological polar surface area (TPSA) is 70.2 Å². The summed E-state index contributed by atoms with van der Waals surface area (Å²) >= 11 is 0. The van der Waals surface area contributed by atoms with Gasteiger partial charge in [0.1, 0.15) is 11.8 Å². The van der Waals surface area contributed by atoms with Crippen LogP contribution in [0.15, 0.2) is 24.3 Å². The van der Waals surface area contributed by atoms with Crippen LogP contribution in [-0.4, -0.2) is 29.4 Å². The lowest BCUT2D eigenvalue weighted by molar-refractivity contribution is -0.131. The number of ether oxygens (including phenoxy) is 1. The number of benzene rings is 1. The number of esters is 1. The van der Waals surface area contributed by atoms with Crippen LogP contribution in [-0.2, 0) is 4.79 Å². The molecule has 0 radical (unpaired) electrons. The summed E-state index contributed by atoms with van der Waals surface area (Å²) in [6.07, 6.45) is 0. The summed E-state index contributed by atoms with van der Waals surface area (Å²) in [4.78, 5) is 24.3. The molecule has 1 amide bonds. The van der Waals surface area contributed by atoms with Crippen molar-refractivity contribution in [1.82, 2.24) is 4.90 Å². The van der Waals surface area contributed by atoms with E-state index in [2.05, 4.69) is 0 Å². The van der Waals surface area contributed by atoms with Crippen LogP contribution >= 0.6 is 0 Å². The molecule has 1 saturated heterocycles. The van der Waals surface area contributed by atoms with E-state index in [1.54, 1.807) is 24.3 Å². The summed E-state index contributed by atoms with van der Waals surface area (Å²) in [6.45, 7) is 1.71. The van der Waals surface area contributed by atoms with E-state index in [9.17, 15) is 9.59 Å². The van der Waals surface area contributed by atoms with Crippen molar-refractivity contribution in [2.75, 3.05) is 6.54 Å². The third-order valence-corrected chi connectivity index (χ3v) is 2.39. The maximum Gasteiger partial charge on any atom is 0.308 e. The molecule has 17 heavy (non-hydrogen) atoms. The van der Waals surface area contributed by atoms with Gasteiger partial charge in [-0.25, -0.2) is 0 Å². The highest BCUT2D eigenvalue weighted by atomic mass is 16.5. The predicted octanol–water partition coefficient (Wildman–Crippen LogP) is 0.960. The van der Waals surface area contributed by atoms with Crippen LogP contribution in [0, 0.1) is 11.3 Å². The second kappa shape index (κ2) is 4.26. The molecule has 1 unspecified atom stereocenters. The van der Waals surface area contributed by atoms with Crippen molar-refractivity contribution in [1.29, 1.82) is 5.26 Å². The summed E-state index contributed by atoms with van der Waals surface area (Å²) in [5, 5.41) is 8.66. The molecule has 1 aromatic carbocycles. The largest absolute Gasteiger partial charge is 0.426 e. The first-order chi connectivity index (χ1) is 8.13. The highest BCUT2D eigenvalue weighted by Crippen LogP contribution is 2.26. The lowest BCUT2D eigenvalue weighted by Gasteiger charge is -2.08. The molecule has 1 heterocycles. The van der Waals surface area contributed by atoms with E-state index in [-0.39, 0.29) is 17.7 Å². The van der Waals surface area contributed by atoms with Crippen LogP contribution in [0.5, 0.6) is 5.75 Å². The third kappa shape index (κ3) is 2.26. The van der Waals surface area contributed by atoms with E-state index in [4.69, 9.17) is 10.00 Å². The fraction of sp³-hybridized carbons (Fsp3) is 0.250. The Morgan fingerprint density at radius 3 is 2.76 bits per heavy atom. The molecule has 0 N–H and O–H groups in total. The number of hydrogen-bond acceptors (Lipinski definition) is 4.